The molecule has 0 spiro atoms. The van der Waals surface area contributed by atoms with Crippen molar-refractivity contribution in [1.29, 1.82) is 0 Å². The molecule has 0 amide bonds. The smallest absolute Gasteiger partial charge is 0.0946 e. The molecule has 0 saturated carbocycles. The van der Waals surface area contributed by atoms with Crippen LogP contribution in [0.1, 0.15) is 25.2 Å². The first-order valence-electron chi connectivity index (χ1n) is 6.51. The van der Waals surface area contributed by atoms with Gasteiger partial charge in [-0.3, -0.25) is 4.68 Å². The first kappa shape index (κ1) is 14.1. The average molecular weight is 282 g/mol. The lowest BCUT2D eigenvalue weighted by atomic mass is 10.2. The normalized spacial score (nSPS) is 12.8. The Morgan fingerprint density at radius 3 is 2.84 bits per heavy atom. The number of nitrogens with one attached hydrogen (secondary N) is 1. The van der Waals surface area contributed by atoms with E-state index in [0.29, 0.717) is 6.04 Å². The molecule has 1 N–H and O–H groups in total. The third-order valence-corrected chi connectivity index (χ3v) is 3.60. The molecule has 0 radical (unpaired) electrons. The molecule has 0 bridgehead atoms. The average Bonchev–Trinajstić information content (AvgIpc) is 2.96. The zero-order chi connectivity index (χ0) is 13.8. The first-order valence-corrected chi connectivity index (χ1v) is 6.89. The minimum Gasteiger partial charge on any atom is -0.336 e. The van der Waals surface area contributed by atoms with Crippen LogP contribution in [-0.2, 0) is 26.6 Å². The van der Waals surface area contributed by atoms with Crippen molar-refractivity contribution in [2.45, 2.75) is 39.4 Å². The Hall–Kier alpha value is -1.33. The molecule has 0 aliphatic rings. The maximum absolute atomic E-state index is 6.32. The van der Waals surface area contributed by atoms with Crippen molar-refractivity contribution in [3.05, 3.63) is 35.1 Å². The van der Waals surface area contributed by atoms with Crippen molar-refractivity contribution >= 4 is 11.6 Å². The molecule has 2 aromatic heterocycles. The van der Waals surface area contributed by atoms with Gasteiger partial charge in [-0.15, -0.1) is 0 Å². The SMILES string of the molecule is CCc1nn(C)c(CNC(C)Cn2ccnc2)c1Cl. The number of aromatic nitrogens is 4. The Morgan fingerprint density at radius 2 is 2.26 bits per heavy atom. The third kappa shape index (κ3) is 3.36. The predicted octanol–water partition coefficient (Wildman–Crippen LogP) is 2.01. The second-order valence-electron chi connectivity index (χ2n) is 4.73. The van der Waals surface area contributed by atoms with E-state index in [0.717, 1.165) is 35.9 Å². The van der Waals surface area contributed by atoms with Gasteiger partial charge in [-0.25, -0.2) is 4.98 Å². The fourth-order valence-electron chi connectivity index (χ4n) is 2.06. The second-order valence-corrected chi connectivity index (χ2v) is 5.10. The van der Waals surface area contributed by atoms with E-state index < -0.39 is 0 Å². The summed E-state index contributed by atoms with van der Waals surface area (Å²) in [4.78, 5) is 4.04. The van der Waals surface area contributed by atoms with E-state index >= 15 is 0 Å². The van der Waals surface area contributed by atoms with Gasteiger partial charge in [0, 0.05) is 38.6 Å². The third-order valence-electron chi connectivity index (χ3n) is 3.16. The molecule has 2 aromatic rings. The minimum atomic E-state index is 0.338. The van der Waals surface area contributed by atoms with Crippen molar-refractivity contribution in [3.8, 4) is 0 Å². The van der Waals surface area contributed by atoms with E-state index in [-0.39, 0.29) is 0 Å². The summed E-state index contributed by atoms with van der Waals surface area (Å²) in [6.45, 7) is 5.81. The molecule has 2 rings (SSSR count). The van der Waals surface area contributed by atoms with Crippen LogP contribution < -0.4 is 5.32 Å². The highest BCUT2D eigenvalue weighted by atomic mass is 35.5. The van der Waals surface area contributed by atoms with E-state index in [9.17, 15) is 0 Å². The Morgan fingerprint density at radius 1 is 1.47 bits per heavy atom. The van der Waals surface area contributed by atoms with E-state index in [1.807, 2.05) is 24.3 Å². The highest BCUT2D eigenvalue weighted by Crippen LogP contribution is 2.20. The molecule has 0 aliphatic heterocycles. The van der Waals surface area contributed by atoms with Gasteiger partial charge in [0.25, 0.3) is 0 Å². The summed E-state index contributed by atoms with van der Waals surface area (Å²) in [5.74, 6) is 0. The molecule has 1 atom stereocenters. The fourth-order valence-corrected chi connectivity index (χ4v) is 2.42. The molecule has 0 aliphatic carbocycles. The summed E-state index contributed by atoms with van der Waals surface area (Å²) in [6.07, 6.45) is 6.43. The second kappa shape index (κ2) is 6.21. The minimum absolute atomic E-state index is 0.338. The van der Waals surface area contributed by atoms with Crippen LogP contribution in [0.2, 0.25) is 5.02 Å². The van der Waals surface area contributed by atoms with Crippen LogP contribution in [0.25, 0.3) is 0 Å². The number of imidazole rings is 1. The molecule has 0 fully saturated rings. The van der Waals surface area contributed by atoms with E-state index in [1.165, 1.54) is 0 Å². The Balaban J connectivity index is 1.93. The summed E-state index contributed by atoms with van der Waals surface area (Å²) in [5, 5.41) is 8.66. The molecular weight excluding hydrogens is 262 g/mol. The maximum Gasteiger partial charge on any atom is 0.0946 e. The van der Waals surface area contributed by atoms with Gasteiger partial charge in [0.05, 0.1) is 22.7 Å². The molecule has 0 saturated heterocycles. The summed E-state index contributed by atoms with van der Waals surface area (Å²) in [5.41, 5.74) is 2.00. The number of hydrogen-bond acceptors (Lipinski definition) is 3. The van der Waals surface area contributed by atoms with Gasteiger partial charge >= 0.3 is 0 Å². The Kier molecular flexibility index (Phi) is 4.61. The largest absolute Gasteiger partial charge is 0.336 e. The van der Waals surface area contributed by atoms with Crippen LogP contribution in [-0.4, -0.2) is 25.4 Å². The lowest BCUT2D eigenvalue weighted by Crippen LogP contribution is -2.30. The van der Waals surface area contributed by atoms with E-state index in [2.05, 4.69) is 33.8 Å². The van der Waals surface area contributed by atoms with Crippen LogP contribution >= 0.6 is 11.6 Å². The highest BCUT2D eigenvalue weighted by Gasteiger charge is 2.13. The van der Waals surface area contributed by atoms with Gasteiger partial charge in [-0.1, -0.05) is 18.5 Å². The van der Waals surface area contributed by atoms with Gasteiger partial charge in [-0.2, -0.15) is 5.10 Å². The van der Waals surface area contributed by atoms with Crippen LogP contribution in [0.5, 0.6) is 0 Å². The van der Waals surface area contributed by atoms with Crippen LogP contribution in [0.15, 0.2) is 18.7 Å². The number of aryl methyl sites for hydroxylation is 2. The summed E-state index contributed by atoms with van der Waals surface area (Å²) in [6, 6.07) is 0.338. The van der Waals surface area contributed by atoms with Crippen molar-refractivity contribution in [2.24, 2.45) is 7.05 Å². The number of hydrogen-bond donors (Lipinski definition) is 1. The van der Waals surface area contributed by atoms with E-state index in [4.69, 9.17) is 11.6 Å². The van der Waals surface area contributed by atoms with Crippen molar-refractivity contribution in [1.82, 2.24) is 24.6 Å². The number of halogens is 1. The predicted molar refractivity (Wildman–Crippen MR) is 76.1 cm³/mol. The lowest BCUT2D eigenvalue weighted by Gasteiger charge is -2.14. The van der Waals surface area contributed by atoms with Crippen LogP contribution in [0.3, 0.4) is 0 Å². The number of rotatable bonds is 6. The molecule has 5 nitrogen and oxygen atoms in total. The first-order chi connectivity index (χ1) is 9.11. The molecule has 2 heterocycles. The summed E-state index contributed by atoms with van der Waals surface area (Å²) >= 11 is 6.32. The molecule has 0 aromatic carbocycles. The van der Waals surface area contributed by atoms with Crippen molar-refractivity contribution < 1.29 is 0 Å². The quantitative estimate of drug-likeness (QED) is 0.881. The Bertz CT molecular complexity index is 517. The molecular formula is C13H20ClN5. The van der Waals surface area contributed by atoms with Gasteiger partial charge in [0.15, 0.2) is 0 Å². The zero-order valence-electron chi connectivity index (χ0n) is 11.6. The zero-order valence-corrected chi connectivity index (χ0v) is 12.4. The summed E-state index contributed by atoms with van der Waals surface area (Å²) < 4.78 is 3.91. The van der Waals surface area contributed by atoms with Crippen LogP contribution in [0, 0.1) is 0 Å². The highest BCUT2D eigenvalue weighted by molar-refractivity contribution is 6.31. The molecule has 104 valence electrons. The van der Waals surface area contributed by atoms with Crippen LogP contribution in [0.4, 0.5) is 0 Å². The fraction of sp³-hybridized carbons (Fsp3) is 0.538. The Labute approximate surface area is 118 Å². The molecule has 19 heavy (non-hydrogen) atoms. The van der Waals surface area contributed by atoms with Crippen molar-refractivity contribution in [3.63, 3.8) is 0 Å². The van der Waals surface area contributed by atoms with E-state index in [1.54, 1.807) is 6.20 Å². The molecule has 6 heteroatoms. The van der Waals surface area contributed by atoms with Gasteiger partial charge < -0.3 is 9.88 Å². The standard InChI is InChI=1S/C13H20ClN5/c1-4-11-13(14)12(18(3)17-11)7-16-10(2)8-19-6-5-15-9-19/h5-6,9-10,16H,4,7-8H2,1-3H3. The summed E-state index contributed by atoms with van der Waals surface area (Å²) in [7, 11) is 1.93. The van der Waals surface area contributed by atoms with Gasteiger partial charge in [0.2, 0.25) is 0 Å². The van der Waals surface area contributed by atoms with Gasteiger partial charge in [-0.05, 0) is 13.3 Å². The van der Waals surface area contributed by atoms with Crippen molar-refractivity contribution in [2.75, 3.05) is 0 Å². The monoisotopic (exact) mass is 281 g/mol. The maximum atomic E-state index is 6.32. The topological polar surface area (TPSA) is 47.7 Å². The van der Waals surface area contributed by atoms with Gasteiger partial charge in [0.1, 0.15) is 0 Å². The lowest BCUT2D eigenvalue weighted by molar-refractivity contribution is 0.466. The number of nitrogens with zero attached hydrogens (tertiary/aromatic N) is 4. The molecule has 1 unspecified atom stereocenters.